The Morgan fingerprint density at radius 1 is 0.882 bits per heavy atom. The molecule has 0 bridgehead atoms. The van der Waals surface area contributed by atoms with E-state index in [9.17, 15) is 0 Å². The van der Waals surface area contributed by atoms with E-state index < -0.39 is 0 Å². The third kappa shape index (κ3) is 3.05. The minimum atomic E-state index is -0.00296. The minimum Gasteiger partial charge on any atom is -0.0839 e. The smallest absolute Gasteiger partial charge is 0.0674 e. The van der Waals surface area contributed by atoms with Crippen molar-refractivity contribution in [2.75, 3.05) is 0 Å². The summed E-state index contributed by atoms with van der Waals surface area (Å²) in [5.74, 6) is 0. The monoisotopic (exact) mass is 392 g/mol. The van der Waals surface area contributed by atoms with Crippen LogP contribution in [0.5, 0.6) is 0 Å². The van der Waals surface area contributed by atoms with E-state index in [1.807, 2.05) is 42.5 Å². The van der Waals surface area contributed by atoms with Crippen LogP contribution in [0.15, 0.2) is 46.9 Å². The van der Waals surface area contributed by atoms with Gasteiger partial charge in [-0.15, -0.1) is 0 Å². The highest BCUT2D eigenvalue weighted by atomic mass is 79.9. The molecule has 2 aromatic carbocycles. The molecule has 0 aromatic heterocycles. The fraction of sp³-hybridized carbons (Fsp3) is 0.0769. The van der Waals surface area contributed by atoms with Crippen molar-refractivity contribution in [3.05, 3.63) is 68.1 Å². The maximum Gasteiger partial charge on any atom is 0.0674 e. The van der Waals surface area contributed by atoms with E-state index in [2.05, 4.69) is 31.9 Å². The number of rotatable bonds is 2. The average Bonchev–Trinajstić information content (AvgIpc) is 2.29. The first kappa shape index (κ1) is 13.4. The van der Waals surface area contributed by atoms with Gasteiger partial charge in [0.1, 0.15) is 0 Å². The molecule has 88 valence electrons. The predicted octanol–water partition coefficient (Wildman–Crippen LogP) is 6.24. The van der Waals surface area contributed by atoms with E-state index in [1.54, 1.807) is 0 Å². The second kappa shape index (κ2) is 5.75. The van der Waals surface area contributed by atoms with E-state index >= 15 is 0 Å². The predicted molar refractivity (Wildman–Crippen MR) is 81.4 cm³/mol. The van der Waals surface area contributed by atoms with Crippen LogP contribution in [0.1, 0.15) is 16.0 Å². The lowest BCUT2D eigenvalue weighted by Crippen LogP contribution is -1.94. The summed E-state index contributed by atoms with van der Waals surface area (Å²) in [5, 5.41) is 1.34. The first-order valence-electron chi connectivity index (χ1n) is 4.93. The zero-order chi connectivity index (χ0) is 12.4. The van der Waals surface area contributed by atoms with Gasteiger partial charge in [0.05, 0.1) is 4.83 Å². The van der Waals surface area contributed by atoms with Crippen LogP contribution in [0, 0.1) is 0 Å². The highest BCUT2D eigenvalue weighted by molar-refractivity contribution is 9.10. The molecule has 0 aliphatic rings. The van der Waals surface area contributed by atoms with Gasteiger partial charge in [0.15, 0.2) is 0 Å². The van der Waals surface area contributed by atoms with Gasteiger partial charge in [-0.3, -0.25) is 0 Å². The van der Waals surface area contributed by atoms with Crippen LogP contribution in [0.2, 0.25) is 10.0 Å². The first-order chi connectivity index (χ1) is 8.09. The van der Waals surface area contributed by atoms with Crippen molar-refractivity contribution < 1.29 is 0 Å². The van der Waals surface area contributed by atoms with Crippen LogP contribution in [0.3, 0.4) is 0 Å². The van der Waals surface area contributed by atoms with Gasteiger partial charge in [-0.1, -0.05) is 73.3 Å². The Kier molecular flexibility index (Phi) is 4.53. The van der Waals surface area contributed by atoms with Crippen LogP contribution in [-0.2, 0) is 0 Å². The molecule has 0 saturated carbocycles. The van der Waals surface area contributed by atoms with Crippen molar-refractivity contribution in [2.24, 2.45) is 0 Å². The van der Waals surface area contributed by atoms with E-state index in [1.165, 1.54) is 0 Å². The summed E-state index contributed by atoms with van der Waals surface area (Å²) < 4.78 is 1.05. The zero-order valence-corrected chi connectivity index (χ0v) is 13.3. The number of halogens is 4. The van der Waals surface area contributed by atoms with E-state index in [-0.39, 0.29) is 4.83 Å². The summed E-state index contributed by atoms with van der Waals surface area (Å²) in [6, 6.07) is 13.6. The van der Waals surface area contributed by atoms with Crippen LogP contribution >= 0.6 is 55.1 Å². The normalized spacial score (nSPS) is 12.5. The molecule has 0 saturated heterocycles. The number of hydrogen-bond acceptors (Lipinski definition) is 0. The van der Waals surface area contributed by atoms with Gasteiger partial charge in [-0.2, -0.15) is 0 Å². The fourth-order valence-corrected chi connectivity index (χ4v) is 3.49. The number of benzene rings is 2. The van der Waals surface area contributed by atoms with Gasteiger partial charge in [-0.05, 0) is 29.8 Å². The maximum absolute atomic E-state index is 6.18. The molecule has 1 unspecified atom stereocenters. The molecule has 2 aromatic rings. The Hall–Kier alpha value is -0.0200. The average molecular weight is 395 g/mol. The fourth-order valence-electron chi connectivity index (χ4n) is 1.55. The molecule has 0 aliphatic heterocycles. The maximum atomic E-state index is 6.18. The van der Waals surface area contributed by atoms with E-state index in [4.69, 9.17) is 23.2 Å². The van der Waals surface area contributed by atoms with Gasteiger partial charge < -0.3 is 0 Å². The summed E-state index contributed by atoms with van der Waals surface area (Å²) in [5.41, 5.74) is 2.02. The van der Waals surface area contributed by atoms with Crippen LogP contribution in [-0.4, -0.2) is 0 Å². The second-order valence-corrected chi connectivity index (χ2v) is 6.20. The van der Waals surface area contributed by atoms with Gasteiger partial charge in [0, 0.05) is 20.1 Å². The first-order valence-corrected chi connectivity index (χ1v) is 7.39. The lowest BCUT2D eigenvalue weighted by Gasteiger charge is -2.14. The third-order valence-electron chi connectivity index (χ3n) is 2.42. The molecule has 4 heteroatoms. The Bertz CT molecular complexity index is 503. The zero-order valence-electron chi connectivity index (χ0n) is 8.63. The summed E-state index contributed by atoms with van der Waals surface area (Å²) in [6.07, 6.45) is 0. The van der Waals surface area contributed by atoms with Crippen molar-refractivity contribution >= 4 is 55.1 Å². The minimum absolute atomic E-state index is 0.00296. The molecule has 0 heterocycles. The summed E-state index contributed by atoms with van der Waals surface area (Å²) >= 11 is 19.4. The van der Waals surface area contributed by atoms with Gasteiger partial charge in [0.25, 0.3) is 0 Å². The molecule has 0 fully saturated rings. The molecule has 0 spiro atoms. The van der Waals surface area contributed by atoms with Crippen molar-refractivity contribution in [1.29, 1.82) is 0 Å². The van der Waals surface area contributed by atoms with Gasteiger partial charge >= 0.3 is 0 Å². The molecular formula is C13H8Br2Cl2. The summed E-state index contributed by atoms with van der Waals surface area (Å²) in [7, 11) is 0. The standard InChI is InChI=1S/C13H8Br2Cl2/c14-9-6-4-8(5-7-9)13(15)12-10(16)2-1-3-11(12)17/h1-7,13H. The topological polar surface area (TPSA) is 0 Å². The van der Waals surface area contributed by atoms with E-state index in [0.29, 0.717) is 10.0 Å². The highest BCUT2D eigenvalue weighted by Gasteiger charge is 2.16. The molecule has 0 aliphatic carbocycles. The van der Waals surface area contributed by atoms with Crippen molar-refractivity contribution in [2.45, 2.75) is 4.83 Å². The Morgan fingerprint density at radius 3 is 1.94 bits per heavy atom. The van der Waals surface area contributed by atoms with Crippen LogP contribution < -0.4 is 0 Å². The molecule has 0 nitrogen and oxygen atoms in total. The molecule has 17 heavy (non-hydrogen) atoms. The quantitative estimate of drug-likeness (QED) is 0.529. The molecule has 2 rings (SSSR count). The molecule has 1 atom stereocenters. The highest BCUT2D eigenvalue weighted by Crippen LogP contribution is 2.39. The molecule has 0 N–H and O–H groups in total. The van der Waals surface area contributed by atoms with Gasteiger partial charge in [0.2, 0.25) is 0 Å². The summed E-state index contributed by atoms with van der Waals surface area (Å²) in [6.45, 7) is 0. The molecule has 0 amide bonds. The second-order valence-electron chi connectivity index (χ2n) is 3.55. The summed E-state index contributed by atoms with van der Waals surface area (Å²) in [4.78, 5) is -0.00296. The van der Waals surface area contributed by atoms with Crippen molar-refractivity contribution in [3.8, 4) is 0 Å². The lowest BCUT2D eigenvalue weighted by atomic mass is 10.0. The van der Waals surface area contributed by atoms with Crippen molar-refractivity contribution in [3.63, 3.8) is 0 Å². The SMILES string of the molecule is Clc1cccc(Cl)c1C(Br)c1ccc(Br)cc1. The lowest BCUT2D eigenvalue weighted by molar-refractivity contribution is 1.18. The third-order valence-corrected chi connectivity index (χ3v) is 4.59. The van der Waals surface area contributed by atoms with Crippen LogP contribution in [0.4, 0.5) is 0 Å². The Balaban J connectivity index is 2.43. The number of hydrogen-bond donors (Lipinski definition) is 0. The Morgan fingerprint density at radius 2 is 1.41 bits per heavy atom. The Labute approximate surface area is 127 Å². The van der Waals surface area contributed by atoms with Crippen LogP contribution in [0.25, 0.3) is 0 Å². The molecule has 0 radical (unpaired) electrons. The molecular weight excluding hydrogens is 387 g/mol. The number of alkyl halides is 1. The van der Waals surface area contributed by atoms with Crippen molar-refractivity contribution in [1.82, 2.24) is 0 Å². The van der Waals surface area contributed by atoms with E-state index in [0.717, 1.165) is 15.6 Å². The van der Waals surface area contributed by atoms with Gasteiger partial charge in [-0.25, -0.2) is 0 Å². The largest absolute Gasteiger partial charge is 0.0839 e.